The predicted molar refractivity (Wildman–Crippen MR) is 122 cm³/mol. The summed E-state index contributed by atoms with van der Waals surface area (Å²) in [5, 5.41) is 2.23. The number of fused-ring (bicyclic) bond motifs is 3. The second kappa shape index (κ2) is 7.03. The number of rotatable bonds is 2. The molecule has 5 rings (SSSR count). The molecule has 2 aliphatic rings. The van der Waals surface area contributed by atoms with E-state index in [2.05, 4.69) is 111 Å². The van der Waals surface area contributed by atoms with Crippen molar-refractivity contribution in [3.05, 3.63) is 107 Å². The number of nitrogens with one attached hydrogen (secondary N) is 1. The molecule has 3 heteroatoms. The van der Waals surface area contributed by atoms with E-state index in [1.807, 2.05) is 6.07 Å². The molecular weight excluding hydrogens is 368 g/mol. The molecule has 30 heavy (non-hydrogen) atoms. The first-order chi connectivity index (χ1) is 14.4. The third-order valence-electron chi connectivity index (χ3n) is 6.03. The second-order valence-electron chi connectivity index (χ2n) is 9.29. The molecule has 0 aromatic heterocycles. The summed E-state index contributed by atoms with van der Waals surface area (Å²) < 4.78 is 6.49. The Hall–Kier alpha value is -3.04. The molecule has 0 spiro atoms. The maximum atomic E-state index is 6.49. The minimum absolute atomic E-state index is 0.124. The van der Waals surface area contributed by atoms with Crippen molar-refractivity contribution in [3.8, 4) is 5.75 Å². The topological polar surface area (TPSA) is 24.5 Å². The number of para-hydroxylation sites is 1. The number of hydrazine groups is 1. The zero-order valence-corrected chi connectivity index (χ0v) is 18.0. The summed E-state index contributed by atoms with van der Waals surface area (Å²) >= 11 is 0. The lowest BCUT2D eigenvalue weighted by Crippen LogP contribution is -2.43. The fourth-order valence-corrected chi connectivity index (χ4v) is 4.21. The van der Waals surface area contributed by atoms with E-state index in [1.165, 1.54) is 22.3 Å². The van der Waals surface area contributed by atoms with Crippen LogP contribution in [0.4, 0.5) is 0 Å². The highest BCUT2D eigenvalue weighted by atomic mass is 16.5. The SMILES string of the molecule is Cc1ccc(C2=C[C@@H]3c4ccccc4O[C@@H](c4ccc(C(C)(C)C)cc4)N3N2)cc1. The van der Waals surface area contributed by atoms with Gasteiger partial charge in [-0.05, 0) is 35.6 Å². The number of nitrogens with zero attached hydrogens (tertiary/aromatic N) is 1. The first kappa shape index (κ1) is 19.0. The van der Waals surface area contributed by atoms with E-state index in [0.29, 0.717) is 0 Å². The maximum absolute atomic E-state index is 6.49. The summed E-state index contributed by atoms with van der Waals surface area (Å²) in [5.74, 6) is 0.951. The Morgan fingerprint density at radius 1 is 0.867 bits per heavy atom. The predicted octanol–water partition coefficient (Wildman–Crippen LogP) is 6.29. The van der Waals surface area contributed by atoms with Gasteiger partial charge in [-0.3, -0.25) is 0 Å². The van der Waals surface area contributed by atoms with E-state index in [9.17, 15) is 0 Å². The molecule has 0 saturated heterocycles. The fourth-order valence-electron chi connectivity index (χ4n) is 4.21. The maximum Gasteiger partial charge on any atom is 0.195 e. The summed E-state index contributed by atoms with van der Waals surface area (Å²) in [7, 11) is 0. The summed E-state index contributed by atoms with van der Waals surface area (Å²) in [6.45, 7) is 8.84. The van der Waals surface area contributed by atoms with E-state index in [0.717, 1.165) is 17.0 Å². The Morgan fingerprint density at radius 2 is 1.57 bits per heavy atom. The van der Waals surface area contributed by atoms with Crippen molar-refractivity contribution in [2.45, 2.75) is 45.4 Å². The molecule has 0 radical (unpaired) electrons. The average molecular weight is 397 g/mol. The van der Waals surface area contributed by atoms with Crippen LogP contribution in [0.3, 0.4) is 0 Å². The van der Waals surface area contributed by atoms with Crippen molar-refractivity contribution < 1.29 is 4.74 Å². The monoisotopic (exact) mass is 396 g/mol. The van der Waals surface area contributed by atoms with Crippen LogP contribution < -0.4 is 10.2 Å². The molecule has 0 saturated carbocycles. The van der Waals surface area contributed by atoms with Crippen LogP contribution in [0.25, 0.3) is 5.70 Å². The highest BCUT2D eigenvalue weighted by molar-refractivity contribution is 5.67. The molecule has 1 N–H and O–H groups in total. The van der Waals surface area contributed by atoms with Crippen LogP contribution in [0.15, 0.2) is 78.9 Å². The van der Waals surface area contributed by atoms with E-state index in [-0.39, 0.29) is 17.7 Å². The molecule has 0 bridgehead atoms. The Balaban J connectivity index is 1.53. The van der Waals surface area contributed by atoms with Crippen LogP contribution in [0.1, 0.15) is 60.9 Å². The summed E-state index contributed by atoms with van der Waals surface area (Å²) in [6, 6.07) is 26.0. The fraction of sp³-hybridized carbons (Fsp3) is 0.259. The number of hydrogen-bond acceptors (Lipinski definition) is 3. The van der Waals surface area contributed by atoms with Gasteiger partial charge in [-0.2, -0.15) is 5.01 Å². The van der Waals surface area contributed by atoms with Gasteiger partial charge in [-0.1, -0.05) is 93.1 Å². The molecule has 3 aromatic carbocycles. The quantitative estimate of drug-likeness (QED) is 0.551. The van der Waals surface area contributed by atoms with Gasteiger partial charge in [0, 0.05) is 11.1 Å². The van der Waals surface area contributed by atoms with E-state index in [4.69, 9.17) is 4.74 Å². The highest BCUT2D eigenvalue weighted by Crippen LogP contribution is 2.45. The van der Waals surface area contributed by atoms with Gasteiger partial charge in [0.25, 0.3) is 0 Å². The summed E-state index contributed by atoms with van der Waals surface area (Å²) in [6.07, 6.45) is 2.11. The van der Waals surface area contributed by atoms with E-state index >= 15 is 0 Å². The molecule has 2 aliphatic heterocycles. The standard InChI is InChI=1S/C27H28N2O/c1-18-9-11-19(12-10-18)23-17-24-22-7-5-6-8-25(22)30-26(29(24)28-23)20-13-15-21(16-14-20)27(2,3)4/h5-17,24,26,28H,1-4H3/t24-,26+/m1/s1. The lowest BCUT2D eigenvalue weighted by Gasteiger charge is -2.39. The number of benzene rings is 3. The van der Waals surface area contributed by atoms with Crippen LogP contribution >= 0.6 is 0 Å². The normalized spacial score (nSPS) is 20.6. The smallest absolute Gasteiger partial charge is 0.195 e. The first-order valence-electron chi connectivity index (χ1n) is 10.6. The van der Waals surface area contributed by atoms with Gasteiger partial charge in [0.2, 0.25) is 0 Å². The molecule has 3 nitrogen and oxygen atoms in total. The number of aryl methyl sites for hydroxylation is 1. The Labute approximate surface area is 179 Å². The minimum atomic E-state index is -0.196. The molecule has 152 valence electrons. The van der Waals surface area contributed by atoms with Gasteiger partial charge in [0.15, 0.2) is 6.23 Å². The summed E-state index contributed by atoms with van der Waals surface area (Å²) in [4.78, 5) is 0. The number of ether oxygens (including phenoxy) is 1. The molecule has 0 fully saturated rings. The third kappa shape index (κ3) is 3.29. The first-order valence-corrected chi connectivity index (χ1v) is 10.6. The van der Waals surface area contributed by atoms with Crippen molar-refractivity contribution in [1.82, 2.24) is 10.4 Å². The van der Waals surface area contributed by atoms with Crippen LogP contribution in [-0.4, -0.2) is 5.01 Å². The van der Waals surface area contributed by atoms with E-state index in [1.54, 1.807) is 0 Å². The largest absolute Gasteiger partial charge is 0.469 e. The van der Waals surface area contributed by atoms with Crippen molar-refractivity contribution in [2.75, 3.05) is 0 Å². The van der Waals surface area contributed by atoms with Crippen molar-refractivity contribution >= 4 is 5.70 Å². The van der Waals surface area contributed by atoms with Crippen molar-refractivity contribution in [1.29, 1.82) is 0 Å². The molecule has 2 atom stereocenters. The molecule has 0 amide bonds. The molecule has 3 aromatic rings. The van der Waals surface area contributed by atoms with Gasteiger partial charge in [-0.25, -0.2) is 0 Å². The Kier molecular flexibility index (Phi) is 4.44. The van der Waals surface area contributed by atoms with Gasteiger partial charge >= 0.3 is 0 Å². The molecule has 0 aliphatic carbocycles. The van der Waals surface area contributed by atoms with Crippen LogP contribution in [0.2, 0.25) is 0 Å². The second-order valence-corrected chi connectivity index (χ2v) is 9.29. The van der Waals surface area contributed by atoms with Crippen LogP contribution in [0.5, 0.6) is 5.75 Å². The minimum Gasteiger partial charge on any atom is -0.469 e. The molecular formula is C27H28N2O. The number of hydrogen-bond donors (Lipinski definition) is 1. The van der Waals surface area contributed by atoms with Crippen molar-refractivity contribution in [2.24, 2.45) is 0 Å². The zero-order valence-electron chi connectivity index (χ0n) is 18.0. The molecule has 2 heterocycles. The highest BCUT2D eigenvalue weighted by Gasteiger charge is 2.40. The Morgan fingerprint density at radius 3 is 2.27 bits per heavy atom. The van der Waals surface area contributed by atoms with Gasteiger partial charge in [-0.15, -0.1) is 0 Å². The lowest BCUT2D eigenvalue weighted by molar-refractivity contribution is -0.0326. The van der Waals surface area contributed by atoms with Crippen LogP contribution in [-0.2, 0) is 5.41 Å². The van der Waals surface area contributed by atoms with Gasteiger partial charge in [0.05, 0.1) is 11.7 Å². The average Bonchev–Trinajstić information content (AvgIpc) is 3.19. The molecule has 0 unspecified atom stereocenters. The third-order valence-corrected chi connectivity index (χ3v) is 6.03. The Bertz CT molecular complexity index is 1090. The van der Waals surface area contributed by atoms with Crippen molar-refractivity contribution in [3.63, 3.8) is 0 Å². The lowest BCUT2D eigenvalue weighted by atomic mass is 9.86. The zero-order chi connectivity index (χ0) is 20.9. The summed E-state index contributed by atoms with van der Waals surface area (Å²) in [5.41, 5.74) is 11.0. The van der Waals surface area contributed by atoms with Gasteiger partial charge in [0.1, 0.15) is 5.75 Å². The van der Waals surface area contributed by atoms with Crippen LogP contribution in [0, 0.1) is 6.92 Å². The van der Waals surface area contributed by atoms with E-state index < -0.39 is 0 Å². The van der Waals surface area contributed by atoms with Gasteiger partial charge < -0.3 is 10.2 Å².